The summed E-state index contributed by atoms with van der Waals surface area (Å²) in [5.74, 6) is 1.12. The lowest BCUT2D eigenvalue weighted by molar-refractivity contribution is 0.0236. The first-order valence-electron chi connectivity index (χ1n) is 5.91. The van der Waals surface area contributed by atoms with Gasteiger partial charge in [-0.3, -0.25) is 0 Å². The monoisotopic (exact) mass is 234 g/mol. The van der Waals surface area contributed by atoms with Gasteiger partial charge in [-0.05, 0) is 24.1 Å². The van der Waals surface area contributed by atoms with Gasteiger partial charge in [0, 0.05) is 6.42 Å². The van der Waals surface area contributed by atoms with E-state index in [0.717, 1.165) is 30.6 Å². The number of hydrogen-bond donors (Lipinski definition) is 0. The lowest BCUT2D eigenvalue weighted by Crippen LogP contribution is -2.27. The molecule has 4 heteroatoms. The number of carbonyl (C=O) groups is 1. The van der Waals surface area contributed by atoms with E-state index in [0.29, 0.717) is 11.3 Å². The first kappa shape index (κ1) is 10.4. The molecule has 90 valence electrons. The molecule has 17 heavy (non-hydrogen) atoms. The third kappa shape index (κ3) is 1.73. The number of rotatable bonds is 2. The molecule has 0 saturated carbocycles. The van der Waals surface area contributed by atoms with Crippen LogP contribution < -0.4 is 9.47 Å². The van der Waals surface area contributed by atoms with Crippen molar-refractivity contribution in [1.29, 1.82) is 0 Å². The molecule has 3 rings (SSSR count). The van der Waals surface area contributed by atoms with Gasteiger partial charge < -0.3 is 14.2 Å². The van der Waals surface area contributed by atoms with Gasteiger partial charge in [0.1, 0.15) is 6.10 Å². The SMILES string of the molecule is CCCC1Cc2cc3c(cc2C(=O)O1)OCO3. The minimum Gasteiger partial charge on any atom is -0.458 e. The van der Waals surface area contributed by atoms with Crippen LogP contribution in [0.3, 0.4) is 0 Å². The largest absolute Gasteiger partial charge is 0.458 e. The van der Waals surface area contributed by atoms with E-state index in [1.165, 1.54) is 0 Å². The normalized spacial score (nSPS) is 21.0. The van der Waals surface area contributed by atoms with Gasteiger partial charge in [0.15, 0.2) is 11.5 Å². The van der Waals surface area contributed by atoms with Crippen molar-refractivity contribution in [1.82, 2.24) is 0 Å². The molecule has 2 aliphatic rings. The Kier molecular flexibility index (Phi) is 2.42. The molecule has 0 amide bonds. The fourth-order valence-electron chi connectivity index (χ4n) is 2.33. The number of cyclic esters (lactones) is 1. The molecule has 4 nitrogen and oxygen atoms in total. The van der Waals surface area contributed by atoms with Crippen molar-refractivity contribution in [2.45, 2.75) is 32.3 Å². The van der Waals surface area contributed by atoms with Crippen LogP contribution >= 0.6 is 0 Å². The Labute approximate surface area is 99.5 Å². The zero-order valence-corrected chi connectivity index (χ0v) is 9.69. The average Bonchev–Trinajstić information content (AvgIpc) is 2.74. The highest BCUT2D eigenvalue weighted by Crippen LogP contribution is 2.37. The Morgan fingerprint density at radius 3 is 2.82 bits per heavy atom. The van der Waals surface area contributed by atoms with Crippen molar-refractivity contribution in [3.05, 3.63) is 23.3 Å². The Bertz CT molecular complexity index is 467. The zero-order valence-electron chi connectivity index (χ0n) is 9.69. The maximum atomic E-state index is 11.9. The van der Waals surface area contributed by atoms with E-state index < -0.39 is 0 Å². The lowest BCUT2D eigenvalue weighted by Gasteiger charge is -2.24. The topological polar surface area (TPSA) is 44.8 Å². The number of fused-ring (bicyclic) bond motifs is 2. The summed E-state index contributed by atoms with van der Waals surface area (Å²) in [6.07, 6.45) is 2.68. The van der Waals surface area contributed by atoms with Gasteiger partial charge in [-0.1, -0.05) is 13.3 Å². The molecule has 1 aromatic carbocycles. The second kappa shape index (κ2) is 3.95. The van der Waals surface area contributed by atoms with Crippen molar-refractivity contribution >= 4 is 5.97 Å². The molecule has 2 heterocycles. The van der Waals surface area contributed by atoms with Gasteiger partial charge in [0.25, 0.3) is 0 Å². The van der Waals surface area contributed by atoms with Crippen LogP contribution in [-0.4, -0.2) is 18.9 Å². The second-order valence-electron chi connectivity index (χ2n) is 4.38. The van der Waals surface area contributed by atoms with Crippen LogP contribution in [0.2, 0.25) is 0 Å². The Morgan fingerprint density at radius 1 is 1.29 bits per heavy atom. The highest BCUT2D eigenvalue weighted by Gasteiger charge is 2.29. The smallest absolute Gasteiger partial charge is 0.338 e. The van der Waals surface area contributed by atoms with E-state index in [4.69, 9.17) is 14.2 Å². The Morgan fingerprint density at radius 2 is 2.06 bits per heavy atom. The first-order valence-corrected chi connectivity index (χ1v) is 5.91. The maximum Gasteiger partial charge on any atom is 0.338 e. The van der Waals surface area contributed by atoms with Crippen molar-refractivity contribution < 1.29 is 19.0 Å². The highest BCUT2D eigenvalue weighted by atomic mass is 16.7. The minimum absolute atomic E-state index is 0.000344. The second-order valence-corrected chi connectivity index (χ2v) is 4.38. The molecule has 0 radical (unpaired) electrons. The third-order valence-corrected chi connectivity index (χ3v) is 3.15. The van der Waals surface area contributed by atoms with Gasteiger partial charge in [-0.25, -0.2) is 4.79 Å². The first-order chi connectivity index (χ1) is 8.28. The predicted molar refractivity (Wildman–Crippen MR) is 60.4 cm³/mol. The highest BCUT2D eigenvalue weighted by molar-refractivity contribution is 5.93. The van der Waals surface area contributed by atoms with Gasteiger partial charge in [0.05, 0.1) is 5.56 Å². The molecule has 1 aromatic rings. The van der Waals surface area contributed by atoms with E-state index in [1.807, 2.05) is 6.07 Å². The van der Waals surface area contributed by atoms with E-state index in [2.05, 4.69) is 6.92 Å². The summed E-state index contributed by atoms with van der Waals surface area (Å²) in [7, 11) is 0. The van der Waals surface area contributed by atoms with Gasteiger partial charge in [-0.2, -0.15) is 0 Å². The molecular formula is C13H14O4. The zero-order chi connectivity index (χ0) is 11.8. The Balaban J connectivity index is 1.96. The molecule has 0 spiro atoms. The van der Waals surface area contributed by atoms with Crippen LogP contribution in [0.25, 0.3) is 0 Å². The van der Waals surface area contributed by atoms with E-state index in [-0.39, 0.29) is 18.9 Å². The van der Waals surface area contributed by atoms with Crippen molar-refractivity contribution in [2.75, 3.05) is 6.79 Å². The minimum atomic E-state index is -0.247. The molecule has 0 saturated heterocycles. The quantitative estimate of drug-likeness (QED) is 0.736. The molecule has 0 aromatic heterocycles. The molecule has 0 fully saturated rings. The van der Waals surface area contributed by atoms with Crippen LogP contribution in [-0.2, 0) is 11.2 Å². The summed E-state index contributed by atoms with van der Waals surface area (Å²) in [5, 5.41) is 0. The maximum absolute atomic E-state index is 11.9. The number of carbonyl (C=O) groups excluding carboxylic acids is 1. The number of esters is 1. The summed E-state index contributed by atoms with van der Waals surface area (Å²) in [4.78, 5) is 11.9. The molecule has 2 aliphatic heterocycles. The lowest BCUT2D eigenvalue weighted by atomic mass is 9.96. The van der Waals surface area contributed by atoms with Crippen LogP contribution in [0, 0.1) is 0 Å². The van der Waals surface area contributed by atoms with Crippen LogP contribution in [0.5, 0.6) is 11.5 Å². The standard InChI is InChI=1S/C13H14O4/c1-2-3-9-4-8-5-11-12(16-7-15-11)6-10(8)13(14)17-9/h5-6,9H,2-4,7H2,1H3. The summed E-state index contributed by atoms with van der Waals surface area (Å²) >= 11 is 0. The van der Waals surface area contributed by atoms with Gasteiger partial charge in [0.2, 0.25) is 6.79 Å². The molecule has 0 bridgehead atoms. The number of benzene rings is 1. The van der Waals surface area contributed by atoms with Crippen molar-refractivity contribution in [3.63, 3.8) is 0 Å². The number of hydrogen-bond acceptors (Lipinski definition) is 4. The fourth-order valence-corrected chi connectivity index (χ4v) is 2.33. The van der Waals surface area contributed by atoms with Gasteiger partial charge in [-0.15, -0.1) is 0 Å². The average molecular weight is 234 g/mol. The molecule has 0 N–H and O–H groups in total. The van der Waals surface area contributed by atoms with Crippen molar-refractivity contribution in [2.24, 2.45) is 0 Å². The summed E-state index contributed by atoms with van der Waals surface area (Å²) < 4.78 is 16.0. The molecule has 1 unspecified atom stereocenters. The van der Waals surface area contributed by atoms with Crippen LogP contribution in [0.4, 0.5) is 0 Å². The fraction of sp³-hybridized carbons (Fsp3) is 0.462. The van der Waals surface area contributed by atoms with E-state index in [9.17, 15) is 4.79 Å². The third-order valence-electron chi connectivity index (χ3n) is 3.15. The molecule has 0 aliphatic carbocycles. The Hall–Kier alpha value is -1.71. The molecule has 1 atom stereocenters. The van der Waals surface area contributed by atoms with Crippen molar-refractivity contribution in [3.8, 4) is 11.5 Å². The number of ether oxygens (including phenoxy) is 3. The predicted octanol–water partition coefficient (Wildman–Crippen LogP) is 2.30. The van der Waals surface area contributed by atoms with Crippen LogP contribution in [0.15, 0.2) is 12.1 Å². The van der Waals surface area contributed by atoms with Crippen LogP contribution in [0.1, 0.15) is 35.7 Å². The summed E-state index contributed by atoms with van der Waals surface area (Å²) in [6.45, 7) is 2.31. The summed E-state index contributed by atoms with van der Waals surface area (Å²) in [6, 6.07) is 3.63. The van der Waals surface area contributed by atoms with E-state index >= 15 is 0 Å². The summed E-state index contributed by atoms with van der Waals surface area (Å²) in [5.41, 5.74) is 1.62. The van der Waals surface area contributed by atoms with Gasteiger partial charge >= 0.3 is 5.97 Å². The molecular weight excluding hydrogens is 220 g/mol. The van der Waals surface area contributed by atoms with E-state index in [1.54, 1.807) is 6.07 Å².